The van der Waals surface area contributed by atoms with Gasteiger partial charge in [-0.3, -0.25) is 9.59 Å². The van der Waals surface area contributed by atoms with E-state index in [1.807, 2.05) is 0 Å². The zero-order valence-electron chi connectivity index (χ0n) is 15.4. The summed E-state index contributed by atoms with van der Waals surface area (Å²) in [5.74, 6) is -1.05. The third kappa shape index (κ3) is 5.30. The Morgan fingerprint density at radius 3 is 1.97 bits per heavy atom. The van der Waals surface area contributed by atoms with Crippen LogP contribution < -0.4 is 10.6 Å². The van der Waals surface area contributed by atoms with Crippen LogP contribution in [-0.2, 0) is 4.74 Å². The van der Waals surface area contributed by atoms with Gasteiger partial charge in [0.1, 0.15) is 0 Å². The van der Waals surface area contributed by atoms with E-state index in [9.17, 15) is 14.4 Å². The third-order valence-corrected chi connectivity index (χ3v) is 4.58. The lowest BCUT2D eigenvalue weighted by atomic mass is 10.1. The first-order chi connectivity index (χ1) is 14.0. The molecule has 0 aliphatic carbocycles. The average molecular weight is 453 g/mol. The predicted molar refractivity (Wildman–Crippen MR) is 114 cm³/mol. The number of esters is 1. The number of anilines is 2. The molecule has 0 bridgehead atoms. The molecule has 0 atom stereocenters. The second kappa shape index (κ2) is 9.16. The molecule has 0 saturated heterocycles. The molecular formula is C22H17BrN2O4. The molecule has 0 saturated carbocycles. The Hall–Kier alpha value is -3.45. The molecule has 0 aliphatic heterocycles. The van der Waals surface area contributed by atoms with Gasteiger partial charge in [-0.1, -0.05) is 22.0 Å². The summed E-state index contributed by atoms with van der Waals surface area (Å²) in [6, 6.07) is 20.0. The normalized spacial score (nSPS) is 10.1. The van der Waals surface area contributed by atoms with Crippen LogP contribution in [0.25, 0.3) is 0 Å². The summed E-state index contributed by atoms with van der Waals surface area (Å²) in [6.07, 6.45) is 0. The zero-order valence-corrected chi connectivity index (χ0v) is 17.0. The molecule has 2 N–H and O–H groups in total. The summed E-state index contributed by atoms with van der Waals surface area (Å²) >= 11 is 3.33. The van der Waals surface area contributed by atoms with E-state index < -0.39 is 5.97 Å². The van der Waals surface area contributed by atoms with Gasteiger partial charge in [0.15, 0.2) is 0 Å². The van der Waals surface area contributed by atoms with Crippen molar-refractivity contribution in [1.82, 2.24) is 0 Å². The smallest absolute Gasteiger partial charge is 0.337 e. The highest BCUT2D eigenvalue weighted by Crippen LogP contribution is 2.17. The minimum atomic E-state index is -0.447. The number of rotatable bonds is 5. The number of amides is 2. The molecule has 2 amide bonds. The van der Waals surface area contributed by atoms with Gasteiger partial charge in [0, 0.05) is 27.0 Å². The summed E-state index contributed by atoms with van der Waals surface area (Å²) < 4.78 is 5.53. The Labute approximate surface area is 176 Å². The van der Waals surface area contributed by atoms with Crippen LogP contribution in [-0.4, -0.2) is 24.9 Å². The number of hydrogen-bond acceptors (Lipinski definition) is 4. The predicted octanol–water partition coefficient (Wildman–Crippen LogP) is 4.74. The topological polar surface area (TPSA) is 84.5 Å². The highest BCUT2D eigenvalue weighted by molar-refractivity contribution is 9.10. The molecule has 0 unspecified atom stereocenters. The molecule has 29 heavy (non-hydrogen) atoms. The highest BCUT2D eigenvalue weighted by Gasteiger charge is 2.11. The number of benzene rings is 3. The van der Waals surface area contributed by atoms with Crippen molar-refractivity contribution in [3.05, 3.63) is 94.0 Å². The van der Waals surface area contributed by atoms with E-state index in [1.165, 1.54) is 7.11 Å². The summed E-state index contributed by atoms with van der Waals surface area (Å²) in [4.78, 5) is 36.3. The molecule has 0 spiro atoms. The molecule has 3 aromatic rings. The number of carbonyl (C=O) groups is 3. The fourth-order valence-corrected chi connectivity index (χ4v) is 2.82. The van der Waals surface area contributed by atoms with Gasteiger partial charge in [0.25, 0.3) is 11.8 Å². The van der Waals surface area contributed by atoms with Crippen LogP contribution >= 0.6 is 15.9 Å². The first-order valence-electron chi connectivity index (χ1n) is 8.63. The zero-order chi connectivity index (χ0) is 20.8. The van der Waals surface area contributed by atoms with Crippen LogP contribution in [0.3, 0.4) is 0 Å². The Bertz CT molecular complexity index is 1050. The van der Waals surface area contributed by atoms with E-state index in [1.54, 1.807) is 72.8 Å². The maximum absolute atomic E-state index is 12.5. The molecule has 3 rings (SSSR count). The monoisotopic (exact) mass is 452 g/mol. The second-order valence-electron chi connectivity index (χ2n) is 6.06. The maximum Gasteiger partial charge on any atom is 0.337 e. The highest BCUT2D eigenvalue weighted by atomic mass is 79.9. The fourth-order valence-electron chi connectivity index (χ4n) is 2.55. The SMILES string of the molecule is COC(=O)c1ccc(NC(=O)c2cccc(NC(=O)c3ccc(Br)cc3)c2)cc1. The Morgan fingerprint density at radius 2 is 1.31 bits per heavy atom. The van der Waals surface area contributed by atoms with Gasteiger partial charge in [-0.2, -0.15) is 0 Å². The van der Waals surface area contributed by atoms with Crippen LogP contribution in [0, 0.1) is 0 Å². The van der Waals surface area contributed by atoms with Crippen LogP contribution in [0.15, 0.2) is 77.3 Å². The van der Waals surface area contributed by atoms with Gasteiger partial charge in [0.05, 0.1) is 12.7 Å². The molecule has 0 radical (unpaired) electrons. The Balaban J connectivity index is 1.68. The second-order valence-corrected chi connectivity index (χ2v) is 6.98. The van der Waals surface area contributed by atoms with Crippen molar-refractivity contribution in [1.29, 1.82) is 0 Å². The van der Waals surface area contributed by atoms with Crippen LogP contribution in [0.4, 0.5) is 11.4 Å². The molecule has 0 aromatic heterocycles. The molecule has 0 heterocycles. The largest absolute Gasteiger partial charge is 0.465 e. The van der Waals surface area contributed by atoms with Crippen molar-refractivity contribution in [2.75, 3.05) is 17.7 Å². The third-order valence-electron chi connectivity index (χ3n) is 4.05. The lowest BCUT2D eigenvalue weighted by Gasteiger charge is -2.09. The van der Waals surface area contributed by atoms with Crippen molar-refractivity contribution >= 4 is 45.1 Å². The lowest BCUT2D eigenvalue weighted by molar-refractivity contribution is 0.0600. The van der Waals surface area contributed by atoms with E-state index in [2.05, 4.69) is 31.3 Å². The summed E-state index contributed by atoms with van der Waals surface area (Å²) in [6.45, 7) is 0. The number of methoxy groups -OCH3 is 1. The van der Waals surface area contributed by atoms with E-state index >= 15 is 0 Å². The van der Waals surface area contributed by atoms with E-state index in [4.69, 9.17) is 0 Å². The number of carbonyl (C=O) groups excluding carboxylic acids is 3. The van der Waals surface area contributed by atoms with Gasteiger partial charge in [-0.25, -0.2) is 4.79 Å². The van der Waals surface area contributed by atoms with Crippen LogP contribution in [0.2, 0.25) is 0 Å². The van der Waals surface area contributed by atoms with E-state index in [-0.39, 0.29) is 11.8 Å². The number of hydrogen-bond donors (Lipinski definition) is 2. The number of ether oxygens (including phenoxy) is 1. The molecule has 0 aliphatic rings. The standard InChI is InChI=1S/C22H17BrN2O4/c1-29-22(28)15-7-11-18(12-8-15)24-21(27)16-3-2-4-19(13-16)25-20(26)14-5-9-17(23)10-6-14/h2-13H,1H3,(H,24,27)(H,25,26). The molecule has 7 heteroatoms. The lowest BCUT2D eigenvalue weighted by Crippen LogP contribution is -2.14. The van der Waals surface area contributed by atoms with Gasteiger partial charge >= 0.3 is 5.97 Å². The first kappa shape index (κ1) is 20.3. The summed E-state index contributed by atoms with van der Waals surface area (Å²) in [7, 11) is 1.31. The minimum absolute atomic E-state index is 0.270. The van der Waals surface area contributed by atoms with Crippen molar-refractivity contribution in [3.63, 3.8) is 0 Å². The van der Waals surface area contributed by atoms with Gasteiger partial charge in [0.2, 0.25) is 0 Å². The van der Waals surface area contributed by atoms with E-state index in [0.717, 1.165) is 4.47 Å². The quantitative estimate of drug-likeness (QED) is 0.547. The Morgan fingerprint density at radius 1 is 0.724 bits per heavy atom. The van der Waals surface area contributed by atoms with E-state index in [0.29, 0.717) is 28.1 Å². The van der Waals surface area contributed by atoms with Crippen molar-refractivity contribution in [2.45, 2.75) is 0 Å². The van der Waals surface area contributed by atoms with Crippen molar-refractivity contribution in [3.8, 4) is 0 Å². The average Bonchev–Trinajstić information content (AvgIpc) is 2.74. The number of nitrogens with one attached hydrogen (secondary N) is 2. The van der Waals surface area contributed by atoms with Gasteiger partial charge < -0.3 is 15.4 Å². The van der Waals surface area contributed by atoms with Gasteiger partial charge in [-0.05, 0) is 66.7 Å². The van der Waals surface area contributed by atoms with Crippen LogP contribution in [0.5, 0.6) is 0 Å². The summed E-state index contributed by atoms with van der Waals surface area (Å²) in [5.41, 5.74) is 2.33. The molecule has 3 aromatic carbocycles. The molecular weight excluding hydrogens is 436 g/mol. The maximum atomic E-state index is 12.5. The van der Waals surface area contributed by atoms with Crippen molar-refractivity contribution < 1.29 is 19.1 Å². The fraction of sp³-hybridized carbons (Fsp3) is 0.0455. The minimum Gasteiger partial charge on any atom is -0.465 e. The van der Waals surface area contributed by atoms with Gasteiger partial charge in [-0.15, -0.1) is 0 Å². The molecule has 6 nitrogen and oxygen atoms in total. The molecule has 0 fully saturated rings. The van der Waals surface area contributed by atoms with Crippen LogP contribution in [0.1, 0.15) is 31.1 Å². The van der Waals surface area contributed by atoms with Crippen molar-refractivity contribution in [2.24, 2.45) is 0 Å². The first-order valence-corrected chi connectivity index (χ1v) is 9.42. The molecule has 146 valence electrons. The Kier molecular flexibility index (Phi) is 6.41. The number of halogens is 1. The summed E-state index contributed by atoms with van der Waals surface area (Å²) in [5, 5.41) is 5.53.